The first-order chi connectivity index (χ1) is 9.29. The lowest BCUT2D eigenvalue weighted by Gasteiger charge is -2.33. The highest BCUT2D eigenvalue weighted by atomic mass is 15.2. The molecular formula is C14H21N5. The van der Waals surface area contributed by atoms with Crippen LogP contribution in [-0.2, 0) is 0 Å². The topological polar surface area (TPSA) is 64.8 Å². The van der Waals surface area contributed by atoms with E-state index in [1.807, 2.05) is 6.07 Å². The summed E-state index contributed by atoms with van der Waals surface area (Å²) in [6, 6.07) is 6.17. The van der Waals surface area contributed by atoms with Gasteiger partial charge in [-0.1, -0.05) is 6.42 Å². The monoisotopic (exact) mass is 259 g/mol. The van der Waals surface area contributed by atoms with E-state index < -0.39 is 0 Å². The predicted molar refractivity (Wildman–Crippen MR) is 74.7 cm³/mol. The molecule has 5 nitrogen and oxygen atoms in total. The van der Waals surface area contributed by atoms with E-state index in [4.69, 9.17) is 5.26 Å². The molecule has 5 heteroatoms. The van der Waals surface area contributed by atoms with Crippen LogP contribution < -0.4 is 5.32 Å². The Labute approximate surface area is 114 Å². The van der Waals surface area contributed by atoms with Crippen molar-refractivity contribution >= 4 is 5.82 Å². The van der Waals surface area contributed by atoms with E-state index in [9.17, 15) is 0 Å². The van der Waals surface area contributed by atoms with Gasteiger partial charge in [0.25, 0.3) is 0 Å². The molecule has 1 aliphatic heterocycles. The number of piperidine rings is 1. The minimum absolute atomic E-state index is 0.354. The number of hydrogen-bond acceptors (Lipinski definition) is 5. The first kappa shape index (κ1) is 13.8. The van der Waals surface area contributed by atoms with Crippen LogP contribution in [0.5, 0.6) is 0 Å². The standard InChI is InChI=1S/C14H21N5/c1-12-5-2-3-9-19(12)10-4-8-16-14-7-6-13(11-15)17-18-14/h6-7,12H,2-5,8-10H2,1H3,(H,16,18). The zero-order valence-electron chi connectivity index (χ0n) is 11.5. The zero-order valence-corrected chi connectivity index (χ0v) is 11.5. The maximum absolute atomic E-state index is 8.63. The Bertz CT molecular complexity index is 422. The number of aromatic nitrogens is 2. The van der Waals surface area contributed by atoms with E-state index >= 15 is 0 Å². The van der Waals surface area contributed by atoms with Crippen LogP contribution in [-0.4, -0.2) is 40.8 Å². The Balaban J connectivity index is 1.67. The number of nitrogens with one attached hydrogen (secondary N) is 1. The third kappa shape index (κ3) is 4.18. The van der Waals surface area contributed by atoms with Gasteiger partial charge >= 0.3 is 0 Å². The number of hydrogen-bond donors (Lipinski definition) is 1. The fraction of sp³-hybridized carbons (Fsp3) is 0.643. The fourth-order valence-electron chi connectivity index (χ4n) is 2.47. The summed E-state index contributed by atoms with van der Waals surface area (Å²) in [6.07, 6.45) is 5.14. The molecule has 1 N–H and O–H groups in total. The summed E-state index contributed by atoms with van der Waals surface area (Å²) in [5.41, 5.74) is 0.354. The second kappa shape index (κ2) is 7.05. The van der Waals surface area contributed by atoms with Crippen LogP contribution in [0.15, 0.2) is 12.1 Å². The molecule has 0 radical (unpaired) electrons. The van der Waals surface area contributed by atoms with Gasteiger partial charge in [-0.25, -0.2) is 0 Å². The van der Waals surface area contributed by atoms with Crippen molar-refractivity contribution in [3.05, 3.63) is 17.8 Å². The lowest BCUT2D eigenvalue weighted by atomic mass is 10.0. The molecule has 102 valence electrons. The van der Waals surface area contributed by atoms with Crippen LogP contribution in [0.25, 0.3) is 0 Å². The van der Waals surface area contributed by atoms with Gasteiger partial charge in [0.05, 0.1) is 0 Å². The second-order valence-corrected chi connectivity index (χ2v) is 5.08. The summed E-state index contributed by atoms with van der Waals surface area (Å²) >= 11 is 0. The number of nitrogens with zero attached hydrogens (tertiary/aromatic N) is 4. The minimum Gasteiger partial charge on any atom is -0.369 e. The average Bonchev–Trinajstić information content (AvgIpc) is 2.46. The highest BCUT2D eigenvalue weighted by Gasteiger charge is 2.16. The SMILES string of the molecule is CC1CCCCN1CCCNc1ccc(C#N)nn1. The Morgan fingerprint density at radius 1 is 1.42 bits per heavy atom. The largest absolute Gasteiger partial charge is 0.369 e. The fourth-order valence-corrected chi connectivity index (χ4v) is 2.47. The summed E-state index contributed by atoms with van der Waals surface area (Å²) in [4.78, 5) is 2.57. The Kier molecular flexibility index (Phi) is 5.10. The average molecular weight is 259 g/mol. The van der Waals surface area contributed by atoms with E-state index in [-0.39, 0.29) is 0 Å². The number of nitriles is 1. The van der Waals surface area contributed by atoms with Crippen LogP contribution in [0.4, 0.5) is 5.82 Å². The maximum Gasteiger partial charge on any atom is 0.163 e. The molecule has 0 aliphatic carbocycles. The first-order valence-electron chi connectivity index (χ1n) is 7.01. The van der Waals surface area contributed by atoms with Gasteiger partial charge in [-0.15, -0.1) is 10.2 Å². The third-order valence-corrected chi connectivity index (χ3v) is 3.65. The first-order valence-corrected chi connectivity index (χ1v) is 7.01. The van der Waals surface area contributed by atoms with Gasteiger partial charge < -0.3 is 10.2 Å². The summed E-state index contributed by atoms with van der Waals surface area (Å²) in [5.74, 6) is 0.741. The molecule has 1 unspecified atom stereocenters. The number of likely N-dealkylation sites (tertiary alicyclic amines) is 1. The van der Waals surface area contributed by atoms with Crippen molar-refractivity contribution in [2.75, 3.05) is 25.0 Å². The Morgan fingerprint density at radius 2 is 2.32 bits per heavy atom. The van der Waals surface area contributed by atoms with E-state index in [0.717, 1.165) is 31.4 Å². The van der Waals surface area contributed by atoms with E-state index in [2.05, 4.69) is 27.3 Å². The van der Waals surface area contributed by atoms with Gasteiger partial charge in [-0.05, 0) is 44.9 Å². The molecule has 1 fully saturated rings. The maximum atomic E-state index is 8.63. The van der Waals surface area contributed by atoms with Crippen molar-refractivity contribution in [1.82, 2.24) is 15.1 Å². The number of anilines is 1. The van der Waals surface area contributed by atoms with Crippen molar-refractivity contribution in [2.24, 2.45) is 0 Å². The highest BCUT2D eigenvalue weighted by molar-refractivity contribution is 5.34. The molecule has 2 heterocycles. The number of rotatable bonds is 5. The van der Waals surface area contributed by atoms with Crippen molar-refractivity contribution in [3.63, 3.8) is 0 Å². The van der Waals surface area contributed by atoms with Gasteiger partial charge in [-0.3, -0.25) is 0 Å². The molecule has 1 atom stereocenters. The van der Waals surface area contributed by atoms with E-state index in [1.165, 1.54) is 25.8 Å². The van der Waals surface area contributed by atoms with Crippen LogP contribution in [0.3, 0.4) is 0 Å². The summed E-state index contributed by atoms with van der Waals surface area (Å²) < 4.78 is 0. The minimum atomic E-state index is 0.354. The Hall–Kier alpha value is -1.67. The normalized spacial score (nSPS) is 19.9. The molecule has 0 bridgehead atoms. The molecule has 0 aromatic carbocycles. The van der Waals surface area contributed by atoms with E-state index in [0.29, 0.717) is 5.69 Å². The van der Waals surface area contributed by atoms with Gasteiger partial charge in [0, 0.05) is 19.1 Å². The molecule has 1 saturated heterocycles. The summed E-state index contributed by atoms with van der Waals surface area (Å²) in [5, 5.41) is 19.6. The lowest BCUT2D eigenvalue weighted by molar-refractivity contribution is 0.160. The molecule has 0 amide bonds. The zero-order chi connectivity index (χ0) is 13.5. The molecule has 1 aromatic heterocycles. The molecule has 19 heavy (non-hydrogen) atoms. The van der Waals surface area contributed by atoms with Gasteiger partial charge in [0.15, 0.2) is 5.69 Å². The van der Waals surface area contributed by atoms with Crippen LogP contribution in [0.2, 0.25) is 0 Å². The smallest absolute Gasteiger partial charge is 0.163 e. The lowest BCUT2D eigenvalue weighted by Crippen LogP contribution is -2.38. The molecule has 1 aromatic rings. The van der Waals surface area contributed by atoms with Crippen molar-refractivity contribution in [2.45, 2.75) is 38.6 Å². The molecule has 0 saturated carbocycles. The Morgan fingerprint density at radius 3 is 3.00 bits per heavy atom. The highest BCUT2D eigenvalue weighted by Crippen LogP contribution is 2.16. The quantitative estimate of drug-likeness (QED) is 0.820. The van der Waals surface area contributed by atoms with Crippen molar-refractivity contribution < 1.29 is 0 Å². The third-order valence-electron chi connectivity index (χ3n) is 3.65. The summed E-state index contributed by atoms with van der Waals surface area (Å²) in [7, 11) is 0. The molecular weight excluding hydrogens is 238 g/mol. The summed E-state index contributed by atoms with van der Waals surface area (Å²) in [6.45, 7) is 5.58. The predicted octanol–water partition coefficient (Wildman–Crippen LogP) is 2.02. The van der Waals surface area contributed by atoms with Gasteiger partial charge in [0.2, 0.25) is 0 Å². The molecule has 1 aliphatic rings. The molecule has 0 spiro atoms. The van der Waals surface area contributed by atoms with Crippen LogP contribution >= 0.6 is 0 Å². The van der Waals surface area contributed by atoms with Crippen molar-refractivity contribution in [3.8, 4) is 6.07 Å². The van der Waals surface area contributed by atoms with Crippen LogP contribution in [0.1, 0.15) is 38.3 Å². The van der Waals surface area contributed by atoms with E-state index in [1.54, 1.807) is 12.1 Å². The molecule has 2 rings (SSSR count). The van der Waals surface area contributed by atoms with Gasteiger partial charge in [0.1, 0.15) is 11.9 Å². The van der Waals surface area contributed by atoms with Gasteiger partial charge in [-0.2, -0.15) is 5.26 Å². The van der Waals surface area contributed by atoms with Crippen LogP contribution in [0, 0.1) is 11.3 Å². The second-order valence-electron chi connectivity index (χ2n) is 5.08. The van der Waals surface area contributed by atoms with Crippen molar-refractivity contribution in [1.29, 1.82) is 5.26 Å².